The molecule has 3 aliphatic carbocycles. The average Bonchev–Trinajstić information content (AvgIpc) is 0.670. The van der Waals surface area contributed by atoms with E-state index in [1.54, 1.807) is 57.2 Å². The molecule has 2 bridgehead atoms. The van der Waals surface area contributed by atoms with E-state index in [4.69, 9.17) is 53.1 Å². The van der Waals surface area contributed by atoms with Crippen molar-refractivity contribution in [3.63, 3.8) is 0 Å². The molecule has 2 heterocycles. The molecule has 5 aliphatic rings. The maximum atomic E-state index is 15.9. The number of rotatable bonds is 18. The van der Waals surface area contributed by atoms with Crippen molar-refractivity contribution >= 4 is 59.6 Å². The van der Waals surface area contributed by atoms with Crippen LogP contribution in [0.5, 0.6) is 5.75 Å². The van der Waals surface area contributed by atoms with Crippen molar-refractivity contribution in [1.29, 1.82) is 0 Å². The number of likely N-dealkylation sites (N-methyl/N-ethyl adjacent to an activating group) is 2. The normalized spacial score (nSPS) is 30.1. The van der Waals surface area contributed by atoms with Gasteiger partial charge in [-0.15, -0.1) is 0 Å². The number of aliphatic hydroxyl groups is 5. The lowest BCUT2D eigenvalue weighted by Crippen LogP contribution is -2.82. The van der Waals surface area contributed by atoms with Crippen molar-refractivity contribution in [3.8, 4) is 5.75 Å². The van der Waals surface area contributed by atoms with E-state index in [0.29, 0.717) is 5.56 Å². The number of nitrogen functional groups attached to an aromatic ring is 1. The van der Waals surface area contributed by atoms with Crippen LogP contribution in [0.1, 0.15) is 103 Å². The Bertz CT molecular complexity index is 3380. The molecule has 8 rings (SSSR count). The van der Waals surface area contributed by atoms with Crippen LogP contribution in [0.15, 0.2) is 90.0 Å². The number of amides is 3. The number of aliphatic carboxylic acids is 1. The van der Waals surface area contributed by atoms with Gasteiger partial charge >= 0.3 is 48.1 Å². The van der Waals surface area contributed by atoms with Crippen LogP contribution >= 0.6 is 0 Å². The van der Waals surface area contributed by atoms with E-state index in [1.165, 1.54) is 84.3 Å². The lowest BCUT2D eigenvalue weighted by atomic mass is 9.44. The average molecular weight is 1310 g/mol. The van der Waals surface area contributed by atoms with Crippen molar-refractivity contribution < 1.29 is 121 Å². The van der Waals surface area contributed by atoms with Crippen LogP contribution < -0.4 is 15.8 Å². The van der Waals surface area contributed by atoms with Gasteiger partial charge in [0.1, 0.15) is 66.2 Å². The summed E-state index contributed by atoms with van der Waals surface area (Å²) in [6.45, 7) is 11.4. The summed E-state index contributed by atoms with van der Waals surface area (Å²) < 4.78 is 58.7. The Balaban J connectivity index is 1.10. The molecule has 2 aliphatic heterocycles. The van der Waals surface area contributed by atoms with Crippen LogP contribution in [0.25, 0.3) is 0 Å². The van der Waals surface area contributed by atoms with Crippen molar-refractivity contribution in [1.82, 2.24) is 15.1 Å². The summed E-state index contributed by atoms with van der Waals surface area (Å²) in [5.74, 6) is -8.61. The fraction of sp³-hybridized carbons (Fsp3) is 0.547. The van der Waals surface area contributed by atoms with Crippen LogP contribution in [0.4, 0.5) is 20.1 Å². The smallest absolute Gasteiger partial charge is 0.410 e. The van der Waals surface area contributed by atoms with E-state index >= 15 is 9.59 Å². The first kappa shape index (κ1) is 70.4. The second kappa shape index (κ2) is 27.2. The number of anilines is 1. The van der Waals surface area contributed by atoms with Crippen LogP contribution in [-0.4, -0.2) is 212 Å². The number of fused-ring (bicyclic) bond motifs is 5. The standard InChI is InChI=1S/C64H80N4O25/c1-31-39(28-64(83)52(91-54(78)36-20-16-13-17-21-36)50-62(9,40(71)27-41-63(50,30-85-41)92-33(3)70)51(75)47(86-32(2)69)42(31)61(64,7)8)87-55(79)48(43(35-18-14-12-15-19-35)66-57(80)93-60(4,5)6)90-59(82)68(11)25-24-67(10)58(81)84-29-34-22-23-38(37(65)26-34)88-56-46(74)44(72)45(73)49(89-56)53(76)77/h12-23,26,39-41,43-50,52,56,71-74,83H,24-25,27-30,65H2,1-11H3,(H,66,80)(H,76,77)/t39-,40-,41+,43-,44-,45-,46+,47+,48+,49-,50-,52-,56+,62+,63-,64+/m0/s1. The highest BCUT2D eigenvalue weighted by atomic mass is 16.7. The third-order valence-corrected chi connectivity index (χ3v) is 17.9. The van der Waals surface area contributed by atoms with E-state index in [0.717, 1.165) is 23.6 Å². The van der Waals surface area contributed by atoms with Gasteiger partial charge in [0.15, 0.2) is 23.6 Å². The van der Waals surface area contributed by atoms with Crippen molar-refractivity contribution in [3.05, 3.63) is 107 Å². The molecular formula is C64H80N4O25. The first-order chi connectivity index (χ1) is 43.5. The number of ether oxygens (including phenoxy) is 10. The van der Waals surface area contributed by atoms with Crippen molar-refractivity contribution in [2.75, 3.05) is 39.5 Å². The van der Waals surface area contributed by atoms with Gasteiger partial charge in [-0.1, -0.05) is 68.4 Å². The quantitative estimate of drug-likeness (QED) is 0.0393. The van der Waals surface area contributed by atoms with Gasteiger partial charge in [0, 0.05) is 59.3 Å². The predicted octanol–water partition coefficient (Wildman–Crippen LogP) is 3.03. The van der Waals surface area contributed by atoms with E-state index < -0.39 is 174 Å². The number of esters is 4. The molecular weight excluding hydrogens is 1220 g/mol. The molecule has 9 N–H and O–H groups in total. The zero-order valence-electron chi connectivity index (χ0n) is 53.2. The second-order valence-electron chi connectivity index (χ2n) is 25.6. The first-order valence-electron chi connectivity index (χ1n) is 29.9. The SMILES string of the molecule is CC(=O)O[C@H]1C(=O)[C@@]2(C)[C@H]([C@H](OC(=O)c3ccccc3)[C@]3(O)C[C@H](OC(=O)[C@H](OC(=O)N(C)CCN(C)C(=O)OCc4ccc(O[C@@H]5O[C@H](C(=O)O)[C@@H](O)[C@H](O)[C@H]5O)c(N)c4)[C@@H](NC(=O)OC(C)(C)C)c4ccccc4)C(C)=C1C3(C)C)[C@]1(OC(C)=O)CO[C@@H]1C[C@@H]2O. The number of nitrogens with two attached hydrogens (primary N) is 1. The summed E-state index contributed by atoms with van der Waals surface area (Å²) in [6, 6.07) is 17.8. The Labute approximate surface area is 534 Å². The highest BCUT2D eigenvalue weighted by molar-refractivity contribution is 5.96. The van der Waals surface area contributed by atoms with Crippen molar-refractivity contribution in [2.24, 2.45) is 16.7 Å². The van der Waals surface area contributed by atoms with Gasteiger partial charge in [0.2, 0.25) is 12.4 Å². The summed E-state index contributed by atoms with van der Waals surface area (Å²) in [5, 5.41) is 69.0. The molecule has 0 radical (unpaired) electrons. The highest BCUT2D eigenvalue weighted by Gasteiger charge is 2.78. The molecule has 29 nitrogen and oxygen atoms in total. The third kappa shape index (κ3) is 14.1. The number of alkyl carbamates (subject to hydrolysis) is 1. The molecule has 0 aromatic heterocycles. The van der Waals surface area contributed by atoms with Crippen LogP contribution in [0.2, 0.25) is 0 Å². The largest absolute Gasteiger partial charge is 0.479 e. The fourth-order valence-corrected chi connectivity index (χ4v) is 12.9. The molecule has 506 valence electrons. The maximum Gasteiger partial charge on any atom is 0.410 e. The number of hydrogen-bond donors (Lipinski definition) is 8. The molecule has 4 fully saturated rings. The van der Waals surface area contributed by atoms with Gasteiger partial charge in [-0.05, 0) is 81.2 Å². The third-order valence-electron chi connectivity index (χ3n) is 17.9. The minimum Gasteiger partial charge on any atom is -0.479 e. The Morgan fingerprint density at radius 3 is 2.01 bits per heavy atom. The van der Waals surface area contributed by atoms with Gasteiger partial charge in [-0.2, -0.15) is 0 Å². The molecule has 3 aromatic carbocycles. The molecule has 29 heteroatoms. The minimum atomic E-state index is -2.57. The number of hydrogen-bond acceptors (Lipinski definition) is 25. The topological polar surface area (TPSA) is 412 Å². The number of nitrogens with zero attached hydrogens (tertiary/aromatic N) is 2. The molecule has 2 saturated carbocycles. The number of ketones is 1. The number of carbonyl (C=O) groups is 9. The minimum absolute atomic E-state index is 0.0111. The van der Waals surface area contributed by atoms with Crippen LogP contribution in [0.3, 0.4) is 0 Å². The number of carbonyl (C=O) groups excluding carboxylic acids is 8. The molecule has 0 spiro atoms. The number of aliphatic hydroxyl groups excluding tert-OH is 4. The zero-order valence-corrected chi connectivity index (χ0v) is 53.2. The summed E-state index contributed by atoms with van der Waals surface area (Å²) >= 11 is 0. The zero-order chi connectivity index (χ0) is 68.6. The van der Waals surface area contributed by atoms with E-state index in [-0.39, 0.29) is 59.8 Å². The lowest BCUT2D eigenvalue weighted by molar-refractivity contribution is -0.346. The molecule has 3 amide bonds. The van der Waals surface area contributed by atoms with E-state index in [1.807, 2.05) is 0 Å². The number of nitrogens with one attached hydrogen (secondary N) is 1. The summed E-state index contributed by atoms with van der Waals surface area (Å²) in [6.07, 6.45) is -24.2. The predicted molar refractivity (Wildman–Crippen MR) is 319 cm³/mol. The van der Waals surface area contributed by atoms with E-state index in [2.05, 4.69) is 5.32 Å². The van der Waals surface area contributed by atoms with Crippen LogP contribution in [0, 0.1) is 16.7 Å². The number of Topliss-reactive ketones (excluding diaryl/α,β-unsaturated/α-hetero) is 1. The van der Waals surface area contributed by atoms with Gasteiger partial charge in [-0.25, -0.2) is 28.8 Å². The van der Waals surface area contributed by atoms with Gasteiger partial charge < -0.3 is 98.9 Å². The fourth-order valence-electron chi connectivity index (χ4n) is 12.9. The Hall–Kier alpha value is -8.45. The number of carboxylic acids is 1. The van der Waals surface area contributed by atoms with E-state index in [9.17, 15) is 64.2 Å². The lowest BCUT2D eigenvalue weighted by Gasteiger charge is -2.67. The second-order valence-corrected chi connectivity index (χ2v) is 25.6. The van der Waals surface area contributed by atoms with Gasteiger partial charge in [0.05, 0.1) is 35.3 Å². The number of carboxylic acid groups (broad SMARTS) is 1. The first-order valence-corrected chi connectivity index (χ1v) is 29.9. The monoisotopic (exact) mass is 1300 g/mol. The van der Waals surface area contributed by atoms with Gasteiger partial charge in [0.25, 0.3) is 0 Å². The molecule has 16 atom stereocenters. The van der Waals surface area contributed by atoms with Crippen molar-refractivity contribution in [2.45, 2.75) is 172 Å². The Kier molecular flexibility index (Phi) is 20.6. The van der Waals surface area contributed by atoms with Crippen LogP contribution in [-0.2, 0) is 73.2 Å². The number of benzene rings is 3. The summed E-state index contributed by atoms with van der Waals surface area (Å²) in [5.41, 5.74) is -3.09. The Morgan fingerprint density at radius 1 is 0.817 bits per heavy atom. The molecule has 0 unspecified atom stereocenters. The highest BCUT2D eigenvalue weighted by Crippen LogP contribution is 2.64. The summed E-state index contributed by atoms with van der Waals surface area (Å²) in [4.78, 5) is 128. The maximum absolute atomic E-state index is 15.9. The Morgan fingerprint density at radius 2 is 1.44 bits per heavy atom. The molecule has 93 heavy (non-hydrogen) atoms. The summed E-state index contributed by atoms with van der Waals surface area (Å²) in [7, 11) is 2.62. The molecule has 2 saturated heterocycles. The van der Waals surface area contributed by atoms with Gasteiger partial charge in [-0.3, -0.25) is 14.4 Å². The molecule has 3 aromatic rings.